The number of hydrogen-bond donors (Lipinski definition) is 1. The molecule has 4 rings (SSSR count). The average Bonchev–Trinajstić information content (AvgIpc) is 3.27. The van der Waals surface area contributed by atoms with Crippen LogP contribution in [-0.4, -0.2) is 46.7 Å². The van der Waals surface area contributed by atoms with Crippen LogP contribution in [0.3, 0.4) is 0 Å². The van der Waals surface area contributed by atoms with Gasteiger partial charge < -0.3 is 14.8 Å². The summed E-state index contributed by atoms with van der Waals surface area (Å²) in [5.41, 5.74) is 2.43. The fourth-order valence-electron chi connectivity index (χ4n) is 3.79. The Bertz CT molecular complexity index is 1450. The molecular weight excluding hydrogens is 510 g/mol. The molecule has 0 fully saturated rings. The summed E-state index contributed by atoms with van der Waals surface area (Å²) in [6.07, 6.45) is 1.46. The molecule has 190 valence electrons. The summed E-state index contributed by atoms with van der Waals surface area (Å²) in [6.45, 7) is -0.538. The van der Waals surface area contributed by atoms with Crippen molar-refractivity contribution < 1.29 is 27.4 Å². The number of carbonyl (C=O) groups excluding carboxylic acids is 1. The molecule has 0 bridgehead atoms. The molecule has 1 amide bonds. The van der Waals surface area contributed by atoms with Crippen LogP contribution in [0.15, 0.2) is 42.7 Å². The summed E-state index contributed by atoms with van der Waals surface area (Å²) in [6, 6.07) is 9.41. The average molecular weight is 530 g/mol. The van der Waals surface area contributed by atoms with Crippen molar-refractivity contribution in [1.82, 2.24) is 25.1 Å². The number of carbonyl (C=O) groups is 1. The van der Waals surface area contributed by atoms with E-state index in [2.05, 4.69) is 25.1 Å². The van der Waals surface area contributed by atoms with Crippen molar-refractivity contribution in [3.8, 4) is 11.4 Å². The lowest BCUT2D eigenvalue weighted by atomic mass is 9.86. The number of ether oxygens (including phenoxy) is 2. The minimum absolute atomic E-state index is 0.00633. The van der Waals surface area contributed by atoms with E-state index in [9.17, 15) is 18.0 Å². The number of pyridine rings is 1. The maximum absolute atomic E-state index is 14.1. The van der Waals surface area contributed by atoms with E-state index in [0.29, 0.717) is 28.3 Å². The zero-order chi connectivity index (χ0) is 26.7. The highest BCUT2D eigenvalue weighted by Gasteiger charge is 2.20. The Balaban J connectivity index is 1.64. The summed E-state index contributed by atoms with van der Waals surface area (Å²) in [7, 11) is 6.02. The van der Waals surface area contributed by atoms with E-state index in [1.165, 1.54) is 6.33 Å². The number of aryl methyl sites for hydroxylation is 2. The zero-order valence-electron chi connectivity index (χ0n) is 19.7. The van der Waals surface area contributed by atoms with Gasteiger partial charge >= 0.3 is 6.61 Å². The Kier molecular flexibility index (Phi) is 7.99. The van der Waals surface area contributed by atoms with Gasteiger partial charge in [0.2, 0.25) is 5.91 Å². The van der Waals surface area contributed by atoms with Crippen LogP contribution in [0.25, 0.3) is 16.6 Å². The highest BCUT2D eigenvalue weighted by molar-refractivity contribution is 6.31. The van der Waals surface area contributed by atoms with Crippen molar-refractivity contribution in [3.63, 3.8) is 0 Å². The monoisotopic (exact) mass is 529 g/mol. The van der Waals surface area contributed by atoms with Crippen molar-refractivity contribution in [2.45, 2.75) is 33.0 Å². The molecule has 37 heavy (non-hydrogen) atoms. The number of benzene rings is 2. The summed E-state index contributed by atoms with van der Waals surface area (Å²) in [4.78, 5) is 20.7. The molecule has 1 N–H and O–H groups in total. The lowest BCUT2D eigenvalue weighted by Crippen LogP contribution is -2.33. The first-order valence-electron chi connectivity index (χ1n) is 11.0. The van der Waals surface area contributed by atoms with Crippen LogP contribution in [0.5, 0.6) is 5.75 Å². The molecule has 0 aliphatic heterocycles. The molecule has 0 saturated heterocycles. The molecule has 0 saturated carbocycles. The molecule has 13 heteroatoms. The van der Waals surface area contributed by atoms with Crippen LogP contribution in [0.2, 0.25) is 5.02 Å². The molecule has 0 unspecified atom stereocenters. The third kappa shape index (κ3) is 6.03. The van der Waals surface area contributed by atoms with Gasteiger partial charge in [0.05, 0.1) is 10.7 Å². The van der Waals surface area contributed by atoms with Crippen molar-refractivity contribution in [1.29, 1.82) is 0 Å². The standard InChI is InChI=1S/C24H20BClF3N5O3/c1-12-6-19(34-13(2)30-11-31-34)15-4-3-5-20(22(15)32-12)36-9-17-16(7-14(27)8-18(17)26)23(25)33-21(35)10-37-24(28)29/h3-8,11,23-24H,9-10H2,1-2H3,(H,33,35)/t23-/m0/s1. The second kappa shape index (κ2) is 11.2. The molecular formula is C24H20BClF3N5O3. The Hall–Kier alpha value is -3.64. The quantitative estimate of drug-likeness (QED) is 0.325. The minimum Gasteiger partial charge on any atom is -0.487 e. The zero-order valence-corrected chi connectivity index (χ0v) is 20.5. The van der Waals surface area contributed by atoms with Crippen LogP contribution < -0.4 is 10.1 Å². The van der Waals surface area contributed by atoms with Crippen LogP contribution in [-0.2, 0) is 16.1 Å². The van der Waals surface area contributed by atoms with E-state index < -0.39 is 30.9 Å². The van der Waals surface area contributed by atoms with E-state index in [4.69, 9.17) is 24.2 Å². The Morgan fingerprint density at radius 2 is 2.03 bits per heavy atom. The number of rotatable bonds is 9. The van der Waals surface area contributed by atoms with Gasteiger partial charge in [-0.25, -0.2) is 19.0 Å². The normalized spacial score (nSPS) is 12.2. The maximum Gasteiger partial charge on any atom is 0.345 e. The SMILES string of the molecule is [B][C@@H](NC(=O)COC(F)F)c1cc(F)cc(Cl)c1COc1cccc2c(-n3ncnc3C)cc(C)nc12. The van der Waals surface area contributed by atoms with Gasteiger partial charge in [-0.05, 0) is 43.7 Å². The van der Waals surface area contributed by atoms with Crippen LogP contribution in [0.4, 0.5) is 13.2 Å². The second-order valence-corrected chi connectivity index (χ2v) is 8.42. The van der Waals surface area contributed by atoms with E-state index in [0.717, 1.165) is 23.2 Å². The highest BCUT2D eigenvalue weighted by atomic mass is 35.5. The Morgan fingerprint density at radius 3 is 2.73 bits per heavy atom. The molecule has 2 radical (unpaired) electrons. The summed E-state index contributed by atoms with van der Waals surface area (Å²) >= 11 is 6.29. The first-order chi connectivity index (χ1) is 17.6. The maximum atomic E-state index is 14.1. The number of alkyl halides is 2. The Morgan fingerprint density at radius 1 is 1.24 bits per heavy atom. The molecule has 1 atom stereocenters. The molecule has 8 nitrogen and oxygen atoms in total. The molecule has 4 aromatic rings. The number of para-hydroxylation sites is 1. The van der Waals surface area contributed by atoms with Crippen molar-refractivity contribution in [2.75, 3.05) is 6.61 Å². The van der Waals surface area contributed by atoms with E-state index >= 15 is 0 Å². The molecule has 2 aromatic heterocycles. The first kappa shape index (κ1) is 26.4. The topological polar surface area (TPSA) is 91.2 Å². The van der Waals surface area contributed by atoms with Gasteiger partial charge in [0.1, 0.15) is 50.3 Å². The number of nitrogens with one attached hydrogen (secondary N) is 1. The lowest BCUT2D eigenvalue weighted by Gasteiger charge is -2.20. The van der Waals surface area contributed by atoms with Crippen molar-refractivity contribution in [3.05, 3.63) is 76.2 Å². The van der Waals surface area contributed by atoms with Gasteiger partial charge in [0.25, 0.3) is 0 Å². The number of fused-ring (bicyclic) bond motifs is 1. The fourth-order valence-corrected chi connectivity index (χ4v) is 4.06. The molecule has 2 heterocycles. The highest BCUT2D eigenvalue weighted by Crippen LogP contribution is 2.32. The third-order valence-corrected chi connectivity index (χ3v) is 5.75. The second-order valence-electron chi connectivity index (χ2n) is 8.02. The van der Waals surface area contributed by atoms with Crippen LogP contribution in [0, 0.1) is 19.7 Å². The number of halogens is 4. The lowest BCUT2D eigenvalue weighted by molar-refractivity contribution is -0.152. The van der Waals surface area contributed by atoms with Gasteiger partial charge in [0.15, 0.2) is 0 Å². The van der Waals surface area contributed by atoms with Gasteiger partial charge in [-0.3, -0.25) is 4.79 Å². The predicted molar refractivity (Wildman–Crippen MR) is 130 cm³/mol. The third-order valence-electron chi connectivity index (χ3n) is 5.41. The predicted octanol–water partition coefficient (Wildman–Crippen LogP) is 4.33. The van der Waals surface area contributed by atoms with E-state index in [1.54, 1.807) is 16.8 Å². The van der Waals surface area contributed by atoms with Gasteiger partial charge in [-0.2, -0.15) is 13.9 Å². The Labute approximate surface area is 216 Å². The molecule has 0 spiro atoms. The number of nitrogens with zero attached hydrogens (tertiary/aromatic N) is 4. The molecule has 0 aliphatic rings. The summed E-state index contributed by atoms with van der Waals surface area (Å²) < 4.78 is 50.3. The van der Waals surface area contributed by atoms with Crippen molar-refractivity contribution >= 4 is 36.3 Å². The van der Waals surface area contributed by atoms with E-state index in [-0.39, 0.29) is 17.2 Å². The molecule has 0 aliphatic carbocycles. The summed E-state index contributed by atoms with van der Waals surface area (Å²) in [5, 5.41) is 7.33. The number of amides is 1. The van der Waals surface area contributed by atoms with Gasteiger partial charge in [-0.1, -0.05) is 23.7 Å². The summed E-state index contributed by atoms with van der Waals surface area (Å²) in [5.74, 6) is -1.78. The van der Waals surface area contributed by atoms with Crippen LogP contribution >= 0.6 is 11.6 Å². The largest absolute Gasteiger partial charge is 0.487 e. The molecule has 2 aromatic carbocycles. The van der Waals surface area contributed by atoms with Gasteiger partial charge in [-0.15, -0.1) is 0 Å². The smallest absolute Gasteiger partial charge is 0.345 e. The van der Waals surface area contributed by atoms with E-state index in [1.807, 2.05) is 26.0 Å². The minimum atomic E-state index is -3.12. The van der Waals surface area contributed by atoms with Crippen molar-refractivity contribution in [2.24, 2.45) is 0 Å². The fraction of sp³-hybridized carbons (Fsp3) is 0.250. The van der Waals surface area contributed by atoms with Gasteiger partial charge in [0, 0.05) is 22.6 Å². The van der Waals surface area contributed by atoms with Crippen LogP contribution in [0.1, 0.15) is 28.6 Å². The number of aromatic nitrogens is 4. The first-order valence-corrected chi connectivity index (χ1v) is 11.3. The number of hydrogen-bond acceptors (Lipinski definition) is 6.